The maximum absolute atomic E-state index is 12.9. The molecule has 0 fully saturated rings. The fourth-order valence-electron chi connectivity index (χ4n) is 1.42. The van der Waals surface area contributed by atoms with Crippen LogP contribution in [0.15, 0.2) is 24.3 Å². The Kier molecular flexibility index (Phi) is 3.16. The third-order valence-corrected chi connectivity index (χ3v) is 3.44. The largest absolute Gasteiger partial charge is 0.325 e. The first-order chi connectivity index (χ1) is 7.61. The van der Waals surface area contributed by atoms with Crippen molar-refractivity contribution in [2.75, 3.05) is 6.54 Å². The van der Waals surface area contributed by atoms with Gasteiger partial charge in [0.05, 0.1) is 21.8 Å². The van der Waals surface area contributed by atoms with Gasteiger partial charge in [0.15, 0.2) is 0 Å². The van der Waals surface area contributed by atoms with Gasteiger partial charge < -0.3 is 5.73 Å². The molecule has 86 valence electrons. The van der Waals surface area contributed by atoms with Gasteiger partial charge in [0.25, 0.3) is 5.92 Å². The molecule has 2 aromatic rings. The Labute approximate surface area is 96.1 Å². The van der Waals surface area contributed by atoms with Gasteiger partial charge in [0.1, 0.15) is 0 Å². The lowest BCUT2D eigenvalue weighted by atomic mass is 10.2. The molecule has 0 unspecified atom stereocenters. The highest BCUT2D eigenvalue weighted by molar-refractivity contribution is 7.18. The smallest absolute Gasteiger partial charge is 0.260 e. The van der Waals surface area contributed by atoms with Crippen LogP contribution in [0.3, 0.4) is 0 Å². The van der Waals surface area contributed by atoms with E-state index in [0.29, 0.717) is 0 Å². The summed E-state index contributed by atoms with van der Waals surface area (Å²) in [5.41, 5.74) is 5.85. The number of benzene rings is 1. The van der Waals surface area contributed by atoms with Crippen LogP contribution in [0.4, 0.5) is 8.78 Å². The van der Waals surface area contributed by atoms with Gasteiger partial charge in [-0.1, -0.05) is 12.1 Å². The normalized spacial score (nSPS) is 12.2. The topological polar surface area (TPSA) is 38.9 Å². The van der Waals surface area contributed by atoms with Crippen LogP contribution >= 0.6 is 11.3 Å². The molecular formula is C11H12F2N2S. The van der Waals surface area contributed by atoms with Crippen molar-refractivity contribution in [2.45, 2.75) is 18.8 Å². The van der Waals surface area contributed by atoms with E-state index in [1.165, 1.54) is 11.3 Å². The number of alkyl halides is 2. The zero-order valence-electron chi connectivity index (χ0n) is 8.62. The Hall–Kier alpha value is -1.07. The van der Waals surface area contributed by atoms with Crippen LogP contribution in [0.2, 0.25) is 0 Å². The van der Waals surface area contributed by atoms with E-state index in [2.05, 4.69) is 4.98 Å². The number of fused-ring (bicyclic) bond motifs is 1. The van der Waals surface area contributed by atoms with Crippen molar-refractivity contribution < 1.29 is 8.78 Å². The molecule has 2 N–H and O–H groups in total. The Morgan fingerprint density at radius 2 is 2.06 bits per heavy atom. The van der Waals surface area contributed by atoms with Gasteiger partial charge in [-0.05, 0) is 12.1 Å². The van der Waals surface area contributed by atoms with E-state index in [4.69, 9.17) is 5.73 Å². The van der Waals surface area contributed by atoms with E-state index < -0.39 is 12.5 Å². The zero-order chi connectivity index (χ0) is 11.6. The Bertz CT molecular complexity index is 449. The molecular weight excluding hydrogens is 230 g/mol. The predicted molar refractivity (Wildman–Crippen MR) is 61.9 cm³/mol. The molecule has 0 saturated heterocycles. The first-order valence-electron chi connectivity index (χ1n) is 5.03. The average Bonchev–Trinajstić information content (AvgIpc) is 2.69. The van der Waals surface area contributed by atoms with Gasteiger partial charge in [-0.3, -0.25) is 0 Å². The van der Waals surface area contributed by atoms with Crippen molar-refractivity contribution in [1.82, 2.24) is 4.98 Å². The molecule has 5 heteroatoms. The summed E-state index contributed by atoms with van der Waals surface area (Å²) >= 11 is 1.46. The van der Waals surface area contributed by atoms with Crippen molar-refractivity contribution in [1.29, 1.82) is 0 Å². The maximum atomic E-state index is 12.9. The second kappa shape index (κ2) is 4.43. The molecule has 0 atom stereocenters. The highest BCUT2D eigenvalue weighted by Gasteiger charge is 2.26. The second-order valence-electron chi connectivity index (χ2n) is 3.64. The summed E-state index contributed by atoms with van der Waals surface area (Å²) < 4.78 is 26.9. The molecule has 2 rings (SSSR count). The summed E-state index contributed by atoms with van der Waals surface area (Å²) in [5.74, 6) is -2.78. The Morgan fingerprint density at radius 1 is 1.31 bits per heavy atom. The van der Waals surface area contributed by atoms with Crippen LogP contribution in [0.5, 0.6) is 0 Å². The minimum absolute atomic E-state index is 0.233. The van der Waals surface area contributed by atoms with Gasteiger partial charge in [-0.15, -0.1) is 11.3 Å². The molecule has 1 aromatic heterocycles. The number of hydrogen-bond donors (Lipinski definition) is 1. The molecule has 0 aliphatic heterocycles. The van der Waals surface area contributed by atoms with E-state index in [0.717, 1.165) is 15.2 Å². The lowest BCUT2D eigenvalue weighted by molar-refractivity contribution is 0.00246. The fraction of sp³-hybridized carbons (Fsp3) is 0.364. The molecule has 1 aromatic carbocycles. The van der Waals surface area contributed by atoms with Crippen LogP contribution in [0.25, 0.3) is 10.2 Å². The predicted octanol–water partition coefficient (Wildman–Crippen LogP) is 2.82. The highest BCUT2D eigenvalue weighted by Crippen LogP contribution is 2.25. The van der Waals surface area contributed by atoms with Crippen LogP contribution in [-0.4, -0.2) is 17.5 Å². The molecule has 0 aliphatic carbocycles. The van der Waals surface area contributed by atoms with Gasteiger partial charge >= 0.3 is 0 Å². The molecule has 16 heavy (non-hydrogen) atoms. The van der Waals surface area contributed by atoms with Crippen LogP contribution in [-0.2, 0) is 6.42 Å². The number of para-hydroxylation sites is 1. The van der Waals surface area contributed by atoms with Crippen molar-refractivity contribution in [2.24, 2.45) is 5.73 Å². The monoisotopic (exact) mass is 242 g/mol. The maximum Gasteiger partial charge on any atom is 0.260 e. The average molecular weight is 242 g/mol. The third-order valence-electron chi connectivity index (χ3n) is 2.34. The number of rotatable bonds is 4. The van der Waals surface area contributed by atoms with E-state index in [1.807, 2.05) is 24.3 Å². The lowest BCUT2D eigenvalue weighted by Gasteiger charge is -2.11. The second-order valence-corrected chi connectivity index (χ2v) is 4.75. The summed E-state index contributed by atoms with van der Waals surface area (Å²) in [6.45, 7) is -0.599. The number of halogens is 2. The third kappa shape index (κ3) is 2.54. The van der Waals surface area contributed by atoms with Gasteiger partial charge in [0.2, 0.25) is 0 Å². The zero-order valence-corrected chi connectivity index (χ0v) is 9.44. The number of nitrogens with two attached hydrogens (primary N) is 1. The number of aryl methyl sites for hydroxylation is 1. The SMILES string of the molecule is NCC(F)(F)CCc1nc2ccccc2s1. The van der Waals surface area contributed by atoms with Crippen LogP contribution in [0, 0.1) is 0 Å². The van der Waals surface area contributed by atoms with E-state index >= 15 is 0 Å². The van der Waals surface area contributed by atoms with Gasteiger partial charge in [0, 0.05) is 12.8 Å². The summed E-state index contributed by atoms with van der Waals surface area (Å²) in [6, 6.07) is 7.63. The molecule has 2 nitrogen and oxygen atoms in total. The number of hydrogen-bond acceptors (Lipinski definition) is 3. The molecule has 1 heterocycles. The number of aromatic nitrogens is 1. The molecule has 0 spiro atoms. The Morgan fingerprint density at radius 3 is 2.75 bits per heavy atom. The van der Waals surface area contributed by atoms with Crippen LogP contribution < -0.4 is 5.73 Å². The minimum atomic E-state index is -2.78. The van der Waals surface area contributed by atoms with E-state index in [1.54, 1.807) is 0 Å². The van der Waals surface area contributed by atoms with Crippen molar-refractivity contribution in [3.63, 3.8) is 0 Å². The first kappa shape index (κ1) is 11.4. The molecule has 0 aliphatic rings. The van der Waals surface area contributed by atoms with Crippen molar-refractivity contribution in [3.05, 3.63) is 29.3 Å². The van der Waals surface area contributed by atoms with Crippen molar-refractivity contribution in [3.8, 4) is 0 Å². The quantitative estimate of drug-likeness (QED) is 0.895. The number of nitrogens with zero attached hydrogens (tertiary/aromatic N) is 1. The molecule has 0 amide bonds. The highest BCUT2D eigenvalue weighted by atomic mass is 32.1. The van der Waals surface area contributed by atoms with Gasteiger partial charge in [-0.2, -0.15) is 0 Å². The summed E-state index contributed by atoms with van der Waals surface area (Å²) in [6.07, 6.45) is 0.0485. The van der Waals surface area contributed by atoms with E-state index in [9.17, 15) is 8.78 Å². The summed E-state index contributed by atoms with van der Waals surface area (Å²) in [7, 11) is 0. The standard InChI is InChI=1S/C11H12F2N2S/c12-11(13,7-14)6-5-10-15-8-3-1-2-4-9(8)16-10/h1-4H,5-7,14H2. The number of thiazole rings is 1. The van der Waals surface area contributed by atoms with Gasteiger partial charge in [-0.25, -0.2) is 13.8 Å². The lowest BCUT2D eigenvalue weighted by Crippen LogP contribution is -2.28. The Balaban J connectivity index is 2.10. The summed E-state index contributed by atoms with van der Waals surface area (Å²) in [4.78, 5) is 4.29. The van der Waals surface area contributed by atoms with Crippen molar-refractivity contribution >= 4 is 21.6 Å². The van der Waals surface area contributed by atoms with Crippen LogP contribution in [0.1, 0.15) is 11.4 Å². The molecule has 0 bridgehead atoms. The van der Waals surface area contributed by atoms with E-state index in [-0.39, 0.29) is 12.8 Å². The molecule has 0 saturated carbocycles. The first-order valence-corrected chi connectivity index (χ1v) is 5.85. The summed E-state index contributed by atoms with van der Waals surface area (Å²) in [5, 5.41) is 0.745. The fourth-order valence-corrected chi connectivity index (χ4v) is 2.39. The minimum Gasteiger partial charge on any atom is -0.325 e. The molecule has 0 radical (unpaired) electrons.